The largest absolute Gasteiger partial charge is 0.493 e. The molecule has 194 valence electrons. The SMILES string of the molecule is COc1c(F)ccc(Nc2ncc(F)c(Nc3cc(C)c4oc(=O)n(OC(=O)C(F)(F)F)c4c3)n2)c1F. The predicted molar refractivity (Wildman–Crippen MR) is 114 cm³/mol. The third-order valence-corrected chi connectivity index (χ3v) is 4.74. The van der Waals surface area contributed by atoms with E-state index in [-0.39, 0.29) is 38.7 Å². The Morgan fingerprint density at radius 3 is 2.51 bits per heavy atom. The Kier molecular flexibility index (Phi) is 6.41. The molecule has 0 radical (unpaired) electrons. The first-order valence-corrected chi connectivity index (χ1v) is 9.93. The second-order valence-electron chi connectivity index (χ2n) is 7.26. The van der Waals surface area contributed by atoms with Crippen molar-refractivity contribution in [2.75, 3.05) is 17.7 Å². The van der Waals surface area contributed by atoms with Crippen LogP contribution in [0.1, 0.15) is 5.56 Å². The van der Waals surface area contributed by atoms with Crippen LogP contribution in [0.15, 0.2) is 39.7 Å². The molecule has 0 bridgehead atoms. The van der Waals surface area contributed by atoms with E-state index < -0.39 is 46.9 Å². The van der Waals surface area contributed by atoms with Gasteiger partial charge in [-0.2, -0.15) is 18.2 Å². The van der Waals surface area contributed by atoms with Crippen molar-refractivity contribution < 1.29 is 45.1 Å². The van der Waals surface area contributed by atoms with Crippen molar-refractivity contribution in [3.05, 3.63) is 64.0 Å². The van der Waals surface area contributed by atoms with Gasteiger partial charge >= 0.3 is 17.9 Å². The van der Waals surface area contributed by atoms with Crippen molar-refractivity contribution in [2.24, 2.45) is 0 Å². The van der Waals surface area contributed by atoms with Gasteiger partial charge in [-0.1, -0.05) is 4.73 Å². The average Bonchev–Trinajstić information content (AvgIpc) is 3.13. The second kappa shape index (κ2) is 9.36. The van der Waals surface area contributed by atoms with E-state index in [4.69, 9.17) is 4.42 Å². The summed E-state index contributed by atoms with van der Waals surface area (Å²) in [5.41, 5.74) is -0.676. The number of anilines is 4. The minimum Gasteiger partial charge on any atom is -0.491 e. The number of hydrogen-bond acceptors (Lipinski definition) is 9. The van der Waals surface area contributed by atoms with Crippen LogP contribution in [0.25, 0.3) is 11.1 Å². The maximum Gasteiger partial charge on any atom is 0.493 e. The molecular weight excluding hydrogens is 516 g/mol. The van der Waals surface area contributed by atoms with E-state index in [0.717, 1.165) is 31.5 Å². The normalized spacial score (nSPS) is 11.5. The maximum absolute atomic E-state index is 14.4. The van der Waals surface area contributed by atoms with Gasteiger partial charge in [-0.25, -0.2) is 27.7 Å². The van der Waals surface area contributed by atoms with E-state index in [1.54, 1.807) is 0 Å². The molecule has 0 atom stereocenters. The van der Waals surface area contributed by atoms with Gasteiger partial charge in [0, 0.05) is 5.69 Å². The number of hydrogen-bond donors (Lipinski definition) is 2. The molecule has 0 amide bonds. The smallest absolute Gasteiger partial charge is 0.491 e. The molecule has 16 heteroatoms. The number of fused-ring (bicyclic) bond motifs is 1. The molecule has 2 N–H and O–H groups in total. The van der Waals surface area contributed by atoms with Gasteiger partial charge in [-0.3, -0.25) is 0 Å². The molecule has 0 aliphatic heterocycles. The number of halogens is 6. The minimum atomic E-state index is -5.39. The molecule has 10 nitrogen and oxygen atoms in total. The van der Waals surface area contributed by atoms with Crippen LogP contribution >= 0.6 is 0 Å². The third kappa shape index (κ3) is 4.98. The van der Waals surface area contributed by atoms with Crippen LogP contribution in [0.4, 0.5) is 49.5 Å². The fourth-order valence-electron chi connectivity index (χ4n) is 3.15. The van der Waals surface area contributed by atoms with E-state index in [0.29, 0.717) is 0 Å². The van der Waals surface area contributed by atoms with E-state index >= 15 is 0 Å². The van der Waals surface area contributed by atoms with Crippen molar-refractivity contribution in [1.29, 1.82) is 0 Å². The van der Waals surface area contributed by atoms with Crippen molar-refractivity contribution in [3.63, 3.8) is 0 Å². The first-order chi connectivity index (χ1) is 17.4. The zero-order valence-corrected chi connectivity index (χ0v) is 18.5. The van der Waals surface area contributed by atoms with Gasteiger partial charge in [-0.05, 0) is 36.8 Å². The molecule has 2 aromatic carbocycles. The highest BCUT2D eigenvalue weighted by molar-refractivity contribution is 5.83. The van der Waals surface area contributed by atoms with Gasteiger partial charge in [0.25, 0.3) is 0 Å². The maximum atomic E-state index is 14.4. The summed E-state index contributed by atoms with van der Waals surface area (Å²) < 4.78 is 89.8. The van der Waals surface area contributed by atoms with E-state index in [1.807, 2.05) is 0 Å². The lowest BCUT2D eigenvalue weighted by Gasteiger charge is -2.12. The number of rotatable bonds is 6. The third-order valence-electron chi connectivity index (χ3n) is 4.74. The second-order valence-corrected chi connectivity index (χ2v) is 7.26. The van der Waals surface area contributed by atoms with E-state index in [9.17, 15) is 35.9 Å². The number of nitrogens with one attached hydrogen (secondary N) is 2. The first kappa shape index (κ1) is 25.3. The number of methoxy groups -OCH3 is 1. The topological polar surface area (TPSA) is 121 Å². The number of carbonyl (C=O) groups excluding carboxylic acids is 1. The Morgan fingerprint density at radius 1 is 1.11 bits per heavy atom. The van der Waals surface area contributed by atoms with Gasteiger partial charge in [-0.15, -0.1) is 0 Å². The van der Waals surface area contributed by atoms with Crippen LogP contribution in [-0.2, 0) is 4.79 Å². The summed E-state index contributed by atoms with van der Waals surface area (Å²) in [6.07, 6.45) is -4.67. The minimum absolute atomic E-state index is 0.00263. The van der Waals surface area contributed by atoms with Crippen molar-refractivity contribution in [3.8, 4) is 5.75 Å². The molecule has 0 fully saturated rings. The Labute approximate surface area is 201 Å². The van der Waals surface area contributed by atoms with Gasteiger partial charge in [0.2, 0.25) is 5.95 Å². The van der Waals surface area contributed by atoms with Crippen molar-refractivity contribution in [1.82, 2.24) is 14.7 Å². The van der Waals surface area contributed by atoms with Crippen molar-refractivity contribution >= 4 is 40.2 Å². The number of oxazole rings is 1. The zero-order chi connectivity index (χ0) is 27.1. The molecule has 4 rings (SSSR count). The fraction of sp³-hybridized carbons (Fsp3) is 0.143. The molecule has 0 aliphatic rings. The van der Waals surface area contributed by atoms with Gasteiger partial charge in [0.1, 0.15) is 5.52 Å². The number of alkyl halides is 3. The number of carbonyl (C=O) groups is 1. The summed E-state index contributed by atoms with van der Waals surface area (Å²) in [6.45, 7) is 1.42. The fourth-order valence-corrected chi connectivity index (χ4v) is 3.15. The lowest BCUT2D eigenvalue weighted by Crippen LogP contribution is -2.36. The van der Waals surface area contributed by atoms with Crippen LogP contribution in [0.2, 0.25) is 0 Å². The molecule has 0 saturated carbocycles. The Hall–Kier alpha value is -4.76. The van der Waals surface area contributed by atoms with Crippen LogP contribution in [0.5, 0.6) is 5.75 Å². The summed E-state index contributed by atoms with van der Waals surface area (Å²) >= 11 is 0. The highest BCUT2D eigenvalue weighted by Gasteiger charge is 2.42. The van der Waals surface area contributed by atoms with Gasteiger partial charge in [0.05, 0.1) is 19.0 Å². The highest BCUT2D eigenvalue weighted by Crippen LogP contribution is 2.30. The molecule has 2 aromatic heterocycles. The molecular formula is C21H13F6N5O5. The number of nitrogens with zero attached hydrogens (tertiary/aromatic N) is 3. The van der Waals surface area contributed by atoms with E-state index in [1.165, 1.54) is 13.0 Å². The zero-order valence-electron chi connectivity index (χ0n) is 18.5. The quantitative estimate of drug-likeness (QED) is 0.356. The Bertz CT molecular complexity index is 1580. The van der Waals surface area contributed by atoms with Crippen molar-refractivity contribution in [2.45, 2.75) is 13.1 Å². The first-order valence-electron chi connectivity index (χ1n) is 9.93. The highest BCUT2D eigenvalue weighted by atomic mass is 19.4. The summed E-state index contributed by atoms with van der Waals surface area (Å²) in [6, 6.07) is 4.32. The average molecular weight is 529 g/mol. The molecule has 2 heterocycles. The van der Waals surface area contributed by atoms with Crippen LogP contribution in [-0.4, -0.2) is 34.0 Å². The molecule has 37 heavy (non-hydrogen) atoms. The van der Waals surface area contributed by atoms with E-state index in [2.05, 4.69) is 30.2 Å². The van der Waals surface area contributed by atoms with Crippen LogP contribution < -0.4 is 26.0 Å². The summed E-state index contributed by atoms with van der Waals surface area (Å²) in [5.74, 6) is -8.61. The number of aromatic nitrogens is 3. The number of benzene rings is 2. The molecule has 4 aromatic rings. The van der Waals surface area contributed by atoms with Gasteiger partial charge in [0.15, 0.2) is 34.6 Å². The predicted octanol–water partition coefficient (Wildman–Crippen LogP) is 4.12. The molecule has 0 spiro atoms. The number of ether oxygens (including phenoxy) is 1. The Morgan fingerprint density at radius 2 is 1.84 bits per heavy atom. The number of aryl methyl sites for hydroxylation is 1. The lowest BCUT2D eigenvalue weighted by atomic mass is 10.2. The summed E-state index contributed by atoms with van der Waals surface area (Å²) in [7, 11) is 1.06. The van der Waals surface area contributed by atoms with Gasteiger partial charge < -0.3 is 24.6 Å². The van der Waals surface area contributed by atoms with Crippen LogP contribution in [0, 0.1) is 24.4 Å². The lowest BCUT2D eigenvalue weighted by molar-refractivity contribution is -0.200. The molecule has 0 saturated heterocycles. The summed E-state index contributed by atoms with van der Waals surface area (Å²) in [5, 5.41) is 4.98. The standard InChI is InChI=1S/C21H13F6N5O5/c1-8-5-9(6-13-15(8)36-20(34)32(13)37-18(33)21(25,26)27)29-17-11(23)7-28-19(31-17)30-12-4-3-10(22)16(35-2)14(12)24/h3-7H,1-2H3,(H2,28,29,30,31). The molecule has 0 aliphatic carbocycles. The van der Waals surface area contributed by atoms with Crippen LogP contribution in [0.3, 0.4) is 0 Å². The molecule has 0 unspecified atom stereocenters. The monoisotopic (exact) mass is 529 g/mol. The summed E-state index contributed by atoms with van der Waals surface area (Å²) in [4.78, 5) is 34.8. The Balaban J connectivity index is 1.68.